The summed E-state index contributed by atoms with van der Waals surface area (Å²) in [7, 11) is 1.72. The van der Waals surface area contributed by atoms with Gasteiger partial charge in [0.15, 0.2) is 0 Å². The maximum Gasteiger partial charge on any atom is 0.255 e. The molecule has 0 atom stereocenters. The van der Waals surface area contributed by atoms with Gasteiger partial charge < -0.3 is 25.0 Å². The molecule has 0 aromatic heterocycles. The molecule has 1 fully saturated rings. The van der Waals surface area contributed by atoms with Crippen LogP contribution >= 0.6 is 11.6 Å². The van der Waals surface area contributed by atoms with Gasteiger partial charge in [-0.1, -0.05) is 11.6 Å². The number of hydrogen-bond donors (Lipinski definition) is 2. The molecule has 2 amide bonds. The molecule has 3 rings (SSSR count). The van der Waals surface area contributed by atoms with Gasteiger partial charge in [-0.3, -0.25) is 9.59 Å². The first-order chi connectivity index (χ1) is 13.1. The largest absolute Gasteiger partial charge is 0.492 e. The van der Waals surface area contributed by atoms with Crippen LogP contribution in [0.5, 0.6) is 5.75 Å². The SMILES string of the molecule is COCCCN1CCC(NC(=O)c2cc(Cl)c(NC=O)c3c2OCC3)CC1. The maximum atomic E-state index is 12.8. The molecule has 2 aliphatic heterocycles. The van der Waals surface area contributed by atoms with Crippen molar-refractivity contribution in [3.63, 3.8) is 0 Å². The van der Waals surface area contributed by atoms with Crippen molar-refractivity contribution in [2.24, 2.45) is 0 Å². The number of likely N-dealkylation sites (tertiary alicyclic amines) is 1. The van der Waals surface area contributed by atoms with Gasteiger partial charge in [0.25, 0.3) is 5.91 Å². The van der Waals surface area contributed by atoms with Crippen LogP contribution in [0.25, 0.3) is 0 Å². The van der Waals surface area contributed by atoms with Gasteiger partial charge in [0.05, 0.1) is 22.9 Å². The van der Waals surface area contributed by atoms with Gasteiger partial charge in [0.1, 0.15) is 5.75 Å². The van der Waals surface area contributed by atoms with E-state index in [1.807, 2.05) is 0 Å². The van der Waals surface area contributed by atoms with E-state index in [0.717, 1.165) is 51.1 Å². The van der Waals surface area contributed by atoms with Gasteiger partial charge in [-0.2, -0.15) is 0 Å². The molecular weight excluding hydrogens is 370 g/mol. The molecule has 27 heavy (non-hydrogen) atoms. The standard InChI is InChI=1S/C19H26ClN3O4/c1-26-9-2-6-23-7-3-13(4-8-23)22-19(25)15-11-16(20)17(21-12-24)14-5-10-27-18(14)15/h11-13H,2-10H2,1H3,(H,21,24)(H,22,25). The number of methoxy groups -OCH3 is 1. The number of piperidine rings is 1. The smallest absolute Gasteiger partial charge is 0.255 e. The Morgan fingerprint density at radius 1 is 1.44 bits per heavy atom. The van der Waals surface area contributed by atoms with Crippen molar-refractivity contribution in [3.05, 3.63) is 22.2 Å². The Bertz CT molecular complexity index is 690. The highest BCUT2D eigenvalue weighted by Gasteiger charge is 2.28. The highest BCUT2D eigenvalue weighted by Crippen LogP contribution is 2.40. The molecule has 0 spiro atoms. The van der Waals surface area contributed by atoms with E-state index in [0.29, 0.717) is 41.5 Å². The number of nitrogens with zero attached hydrogens (tertiary/aromatic N) is 1. The minimum absolute atomic E-state index is 0.139. The van der Waals surface area contributed by atoms with Gasteiger partial charge in [0, 0.05) is 51.4 Å². The molecule has 1 saturated heterocycles. The summed E-state index contributed by atoms with van der Waals surface area (Å²) < 4.78 is 10.8. The van der Waals surface area contributed by atoms with E-state index in [2.05, 4.69) is 15.5 Å². The Kier molecular flexibility index (Phi) is 6.93. The molecule has 7 nitrogen and oxygen atoms in total. The lowest BCUT2D eigenvalue weighted by atomic mass is 10.0. The second kappa shape index (κ2) is 9.39. The van der Waals surface area contributed by atoms with Crippen LogP contribution in [-0.4, -0.2) is 63.2 Å². The summed E-state index contributed by atoms with van der Waals surface area (Å²) >= 11 is 6.28. The summed E-state index contributed by atoms with van der Waals surface area (Å²) in [6, 6.07) is 1.71. The minimum Gasteiger partial charge on any atom is -0.492 e. The van der Waals surface area contributed by atoms with Crippen molar-refractivity contribution in [1.82, 2.24) is 10.2 Å². The molecule has 8 heteroatoms. The number of rotatable bonds is 8. The van der Waals surface area contributed by atoms with Gasteiger partial charge in [-0.05, 0) is 25.3 Å². The minimum atomic E-state index is -0.175. The summed E-state index contributed by atoms with van der Waals surface area (Å²) in [4.78, 5) is 26.0. The van der Waals surface area contributed by atoms with Crippen molar-refractivity contribution in [1.29, 1.82) is 0 Å². The Hall–Kier alpha value is -1.83. The number of carbonyl (C=O) groups is 2. The quantitative estimate of drug-likeness (QED) is 0.520. The number of halogens is 1. The number of anilines is 1. The Morgan fingerprint density at radius 3 is 2.93 bits per heavy atom. The highest BCUT2D eigenvalue weighted by molar-refractivity contribution is 6.34. The average Bonchev–Trinajstić information content (AvgIpc) is 3.15. The molecule has 148 valence electrons. The van der Waals surface area contributed by atoms with E-state index < -0.39 is 0 Å². The number of amides is 2. The monoisotopic (exact) mass is 395 g/mol. The van der Waals surface area contributed by atoms with Crippen LogP contribution in [0, 0.1) is 0 Å². The lowest BCUT2D eigenvalue weighted by Gasteiger charge is -2.32. The third kappa shape index (κ3) is 4.72. The topological polar surface area (TPSA) is 79.9 Å². The third-order valence-corrected chi connectivity index (χ3v) is 5.42. The Morgan fingerprint density at radius 2 is 2.22 bits per heavy atom. The molecule has 2 heterocycles. The molecule has 1 aromatic carbocycles. The van der Waals surface area contributed by atoms with Gasteiger partial charge in [0.2, 0.25) is 6.41 Å². The van der Waals surface area contributed by atoms with E-state index in [1.165, 1.54) is 0 Å². The van der Waals surface area contributed by atoms with E-state index >= 15 is 0 Å². The summed E-state index contributed by atoms with van der Waals surface area (Å²) in [5, 5.41) is 6.07. The van der Waals surface area contributed by atoms with Crippen LogP contribution in [0.3, 0.4) is 0 Å². The summed E-state index contributed by atoms with van der Waals surface area (Å²) in [6.07, 6.45) is 4.06. The first-order valence-electron chi connectivity index (χ1n) is 9.34. The predicted octanol–water partition coefficient (Wildman–Crippen LogP) is 2.07. The number of ether oxygens (including phenoxy) is 2. The fourth-order valence-corrected chi connectivity index (χ4v) is 4.00. The fraction of sp³-hybridized carbons (Fsp3) is 0.579. The Balaban J connectivity index is 1.62. The molecule has 2 aliphatic rings. The highest BCUT2D eigenvalue weighted by atomic mass is 35.5. The molecule has 1 aromatic rings. The molecule has 2 N–H and O–H groups in total. The van der Waals surface area contributed by atoms with E-state index in [-0.39, 0.29) is 11.9 Å². The predicted molar refractivity (Wildman–Crippen MR) is 104 cm³/mol. The fourth-order valence-electron chi connectivity index (χ4n) is 3.72. The normalized spacial score (nSPS) is 17.3. The summed E-state index contributed by atoms with van der Waals surface area (Å²) in [5.74, 6) is 0.351. The van der Waals surface area contributed by atoms with Gasteiger partial charge in [-0.15, -0.1) is 0 Å². The van der Waals surface area contributed by atoms with Crippen molar-refractivity contribution < 1.29 is 19.1 Å². The molecule has 0 aliphatic carbocycles. The lowest BCUT2D eigenvalue weighted by Crippen LogP contribution is -2.45. The first-order valence-corrected chi connectivity index (χ1v) is 9.72. The second-order valence-corrected chi connectivity index (χ2v) is 7.29. The average molecular weight is 396 g/mol. The molecule has 0 saturated carbocycles. The molecular formula is C19H26ClN3O4. The molecule has 0 radical (unpaired) electrons. The number of benzene rings is 1. The van der Waals surface area contributed by atoms with E-state index in [4.69, 9.17) is 21.1 Å². The molecule has 0 bridgehead atoms. The number of fused-ring (bicyclic) bond motifs is 1. The summed E-state index contributed by atoms with van der Waals surface area (Å²) in [5.41, 5.74) is 1.75. The van der Waals surface area contributed by atoms with Crippen molar-refractivity contribution in [3.8, 4) is 5.75 Å². The zero-order valence-corrected chi connectivity index (χ0v) is 16.3. The van der Waals surface area contributed by atoms with Crippen molar-refractivity contribution >= 4 is 29.6 Å². The van der Waals surface area contributed by atoms with Crippen LogP contribution in [0.2, 0.25) is 5.02 Å². The molecule has 0 unspecified atom stereocenters. The van der Waals surface area contributed by atoms with Crippen LogP contribution in [0.4, 0.5) is 5.69 Å². The first kappa shape index (κ1) is 19.9. The van der Waals surface area contributed by atoms with Crippen LogP contribution in [0.1, 0.15) is 35.2 Å². The van der Waals surface area contributed by atoms with Crippen LogP contribution in [0.15, 0.2) is 6.07 Å². The van der Waals surface area contributed by atoms with Crippen LogP contribution in [-0.2, 0) is 16.0 Å². The third-order valence-electron chi connectivity index (χ3n) is 5.12. The lowest BCUT2D eigenvalue weighted by molar-refractivity contribution is -0.105. The van der Waals surface area contributed by atoms with E-state index in [1.54, 1.807) is 13.2 Å². The Labute approximate surface area is 164 Å². The van der Waals surface area contributed by atoms with Crippen molar-refractivity contribution in [2.45, 2.75) is 31.7 Å². The second-order valence-electron chi connectivity index (χ2n) is 6.89. The maximum absolute atomic E-state index is 12.8. The van der Waals surface area contributed by atoms with Gasteiger partial charge >= 0.3 is 0 Å². The zero-order chi connectivity index (χ0) is 19.2. The number of nitrogens with one attached hydrogen (secondary N) is 2. The van der Waals surface area contributed by atoms with Gasteiger partial charge in [-0.25, -0.2) is 0 Å². The summed E-state index contributed by atoms with van der Waals surface area (Å²) in [6.45, 7) is 4.20. The number of carbonyl (C=O) groups excluding carboxylic acids is 2. The number of hydrogen-bond acceptors (Lipinski definition) is 5. The zero-order valence-electron chi connectivity index (χ0n) is 15.6. The van der Waals surface area contributed by atoms with E-state index in [9.17, 15) is 9.59 Å². The van der Waals surface area contributed by atoms with Crippen molar-refractivity contribution in [2.75, 3.05) is 45.3 Å². The van der Waals surface area contributed by atoms with Crippen LogP contribution < -0.4 is 15.4 Å².